The van der Waals surface area contributed by atoms with Gasteiger partial charge in [0.05, 0.1) is 0 Å². The molecule has 0 aromatic carbocycles. The minimum absolute atomic E-state index is 1.25. The molecule has 0 fully saturated rings. The van der Waals surface area contributed by atoms with Gasteiger partial charge in [-0.1, -0.05) is 20.3 Å². The van der Waals surface area contributed by atoms with Gasteiger partial charge in [-0.05, 0) is 10.4 Å². The molecule has 0 saturated carbocycles. The van der Waals surface area contributed by atoms with Gasteiger partial charge in [-0.25, -0.2) is 0 Å². The monoisotopic (exact) mass is 129 g/mol. The molecule has 0 bridgehead atoms. The molecule has 0 aromatic rings. The van der Waals surface area contributed by atoms with Crippen molar-refractivity contribution in [2.24, 2.45) is 0 Å². The number of rotatable bonds is 0. The number of hydrogen-bond acceptors (Lipinski definition) is 1. The molecule has 0 aromatic heterocycles. The zero-order valence-corrected chi connectivity index (χ0v) is 5.44. The van der Waals surface area contributed by atoms with Crippen LogP contribution in [0.2, 0.25) is 0 Å². The van der Waals surface area contributed by atoms with Crippen molar-refractivity contribution in [3.8, 4) is 0 Å². The van der Waals surface area contributed by atoms with Crippen LogP contribution in [0.1, 0.15) is 20.3 Å². The Labute approximate surface area is 53.3 Å². The smallest absolute Gasteiger partial charge is 0.00208 e. The lowest BCUT2D eigenvalue weighted by molar-refractivity contribution is 1.09. The normalized spacial score (nSPS) is 3.78. The molecule has 0 radical (unpaired) electrons. The van der Waals surface area contributed by atoms with Crippen LogP contribution in [0, 0.1) is 5.53 Å². The van der Waals surface area contributed by atoms with Gasteiger partial charge in [-0.3, -0.25) is 4.91 Å². The Hall–Kier alpha value is -1.38. The van der Waals surface area contributed by atoms with E-state index in [0.717, 1.165) is 0 Å². The number of nitrogens with zero attached hydrogens (tertiary/aromatic N) is 5. The molecule has 0 spiro atoms. The fourth-order valence-corrected chi connectivity index (χ4v) is 0. The zero-order valence-electron chi connectivity index (χ0n) is 5.44. The molecule has 9 heavy (non-hydrogen) atoms. The molecule has 0 aliphatic heterocycles. The van der Waals surface area contributed by atoms with Gasteiger partial charge in [0.15, 0.2) is 0 Å². The SMILES string of the molecule is CCC.[N-]=[N+]=N.[N-]=[N+]=[N-]. The maximum atomic E-state index is 6.86. The lowest BCUT2D eigenvalue weighted by Gasteiger charge is -1.48. The molecule has 0 aliphatic rings. The lowest BCUT2D eigenvalue weighted by Crippen LogP contribution is -1.27. The van der Waals surface area contributed by atoms with Crippen LogP contribution in [0.3, 0.4) is 0 Å². The van der Waals surface area contributed by atoms with E-state index in [1.807, 2.05) is 0 Å². The van der Waals surface area contributed by atoms with Crippen molar-refractivity contribution in [3.05, 3.63) is 26.4 Å². The molecule has 0 aliphatic carbocycles. The lowest BCUT2D eigenvalue weighted by atomic mass is 10.6. The first-order chi connectivity index (χ1) is 4.24. The van der Waals surface area contributed by atoms with E-state index in [4.69, 9.17) is 22.1 Å². The molecule has 1 N–H and O–H groups in total. The summed E-state index contributed by atoms with van der Waals surface area (Å²) in [5.74, 6) is 0. The molecule has 6 nitrogen and oxygen atoms in total. The predicted octanol–water partition coefficient (Wildman–Crippen LogP) is 3.16. The number of nitrogens with one attached hydrogen (secondary N) is 1. The van der Waals surface area contributed by atoms with Gasteiger partial charge in [0.25, 0.3) is 0 Å². The largest absolute Gasteiger partial charge is 0.373 e. The van der Waals surface area contributed by atoms with E-state index in [1.165, 1.54) is 11.3 Å². The van der Waals surface area contributed by atoms with Crippen molar-refractivity contribution in [2.45, 2.75) is 20.3 Å². The third-order valence-electron chi connectivity index (χ3n) is 0. The van der Waals surface area contributed by atoms with E-state index in [-0.39, 0.29) is 0 Å². The highest BCUT2D eigenvalue weighted by molar-refractivity contribution is 4.36. The second kappa shape index (κ2) is 79.7. The Kier molecular flexibility index (Phi) is 138. The van der Waals surface area contributed by atoms with Crippen LogP contribution in [0.4, 0.5) is 0 Å². The van der Waals surface area contributed by atoms with Gasteiger partial charge >= 0.3 is 0 Å². The topological polar surface area (TPSA) is 119 Å². The van der Waals surface area contributed by atoms with Crippen LogP contribution in [0.5, 0.6) is 0 Å². The molecule has 0 saturated heterocycles. The van der Waals surface area contributed by atoms with E-state index in [1.54, 1.807) is 4.91 Å². The van der Waals surface area contributed by atoms with Crippen LogP contribution < -0.4 is 0 Å². The van der Waals surface area contributed by atoms with Gasteiger partial charge in [-0.15, -0.1) is 5.53 Å². The average Bonchev–Trinajstić information content (AvgIpc) is 1.70. The van der Waals surface area contributed by atoms with E-state index in [2.05, 4.69) is 13.8 Å². The van der Waals surface area contributed by atoms with Gasteiger partial charge in [0, 0.05) is 0 Å². The third kappa shape index (κ3) is 74.2. The summed E-state index contributed by atoms with van der Waals surface area (Å²) in [6, 6.07) is 0. The van der Waals surface area contributed by atoms with Crippen LogP contribution in [0.15, 0.2) is 0 Å². The average molecular weight is 129 g/mol. The predicted molar refractivity (Wildman–Crippen MR) is 35.5 cm³/mol. The molecule has 52 valence electrons. The maximum Gasteiger partial charge on any atom is -0.00208 e. The third-order valence-corrected chi connectivity index (χ3v) is 0. The van der Waals surface area contributed by atoms with Crippen molar-refractivity contribution < 1.29 is 0 Å². The zero-order chi connectivity index (χ0) is 8.12. The Balaban J connectivity index is -0.0000000600. The Morgan fingerprint density at radius 3 is 1.22 bits per heavy atom. The first kappa shape index (κ1) is 15.6. The van der Waals surface area contributed by atoms with Crippen LogP contribution >= 0.6 is 0 Å². The standard InChI is InChI=1S/C3H8.HN3.N3/c3*1-3-2/h3H2,1-2H3;1H;/q;;-1. The minimum atomic E-state index is 1.25. The van der Waals surface area contributed by atoms with Gasteiger partial charge in [0.1, 0.15) is 0 Å². The molecule has 0 rings (SSSR count). The second-order valence-electron chi connectivity index (χ2n) is 0.897. The Bertz CT molecular complexity index is 72.5. The first-order valence-electron chi connectivity index (χ1n) is 2.24. The van der Waals surface area contributed by atoms with Gasteiger partial charge < -0.3 is 11.1 Å². The summed E-state index contributed by atoms with van der Waals surface area (Å²) >= 11 is 0. The summed E-state index contributed by atoms with van der Waals surface area (Å²) in [5.41, 5.74) is 25.8. The fraction of sp³-hybridized carbons (Fsp3) is 1.00. The highest BCUT2D eigenvalue weighted by Crippen LogP contribution is 1.56. The summed E-state index contributed by atoms with van der Waals surface area (Å²) in [7, 11) is 0. The van der Waals surface area contributed by atoms with Crippen LogP contribution in [0.25, 0.3) is 26.4 Å². The quantitative estimate of drug-likeness (QED) is 0.293. The highest BCUT2D eigenvalue weighted by Gasteiger charge is 1.35. The Morgan fingerprint density at radius 1 is 1.22 bits per heavy atom. The molecule has 6 heteroatoms. The minimum Gasteiger partial charge on any atom is -0.373 e. The van der Waals surface area contributed by atoms with Gasteiger partial charge in [0.2, 0.25) is 0 Å². The highest BCUT2D eigenvalue weighted by atomic mass is 15.0. The summed E-state index contributed by atoms with van der Waals surface area (Å²) in [6.07, 6.45) is 1.25. The maximum absolute atomic E-state index is 6.86. The summed E-state index contributed by atoms with van der Waals surface area (Å²) in [5, 5.41) is 0. The fourth-order valence-electron chi connectivity index (χ4n) is 0. The van der Waals surface area contributed by atoms with Crippen LogP contribution in [-0.2, 0) is 0 Å². The van der Waals surface area contributed by atoms with Crippen molar-refractivity contribution in [3.63, 3.8) is 0 Å². The summed E-state index contributed by atoms with van der Waals surface area (Å²) in [6.45, 7) is 4.25. The second-order valence-corrected chi connectivity index (χ2v) is 0.897. The van der Waals surface area contributed by atoms with E-state index >= 15 is 0 Å². The molecule has 0 heterocycles. The summed E-state index contributed by atoms with van der Waals surface area (Å²) < 4.78 is 0. The molecular formula is C3H9N6-. The van der Waals surface area contributed by atoms with E-state index < -0.39 is 0 Å². The first-order valence-corrected chi connectivity index (χ1v) is 2.24. The van der Waals surface area contributed by atoms with E-state index in [0.29, 0.717) is 0 Å². The molecule has 0 unspecified atom stereocenters. The molecular weight excluding hydrogens is 120 g/mol. The molecule has 0 atom stereocenters. The van der Waals surface area contributed by atoms with Crippen molar-refractivity contribution in [1.82, 2.24) is 0 Å². The van der Waals surface area contributed by atoms with E-state index in [9.17, 15) is 0 Å². The molecule has 0 amide bonds. The van der Waals surface area contributed by atoms with Crippen molar-refractivity contribution in [1.29, 1.82) is 5.53 Å². The number of hydrogen-bond donors (Lipinski definition) is 1. The van der Waals surface area contributed by atoms with Gasteiger partial charge in [-0.2, -0.15) is 0 Å². The van der Waals surface area contributed by atoms with Crippen molar-refractivity contribution >= 4 is 0 Å². The summed E-state index contributed by atoms with van der Waals surface area (Å²) in [4.78, 5) is 3.25. The Morgan fingerprint density at radius 2 is 1.22 bits per heavy atom. The van der Waals surface area contributed by atoms with Crippen LogP contribution in [-0.4, -0.2) is 0 Å². The van der Waals surface area contributed by atoms with Crippen molar-refractivity contribution in [2.75, 3.05) is 0 Å².